The first-order chi connectivity index (χ1) is 19.0. The van der Waals surface area contributed by atoms with E-state index in [1.165, 1.54) is 0 Å². The molecule has 6 rings (SSSR count). The summed E-state index contributed by atoms with van der Waals surface area (Å²) in [5, 5.41) is 1.05. The number of hydrogen-bond donors (Lipinski definition) is 1. The lowest BCUT2D eigenvalue weighted by Gasteiger charge is -2.51. The van der Waals surface area contributed by atoms with Crippen molar-refractivity contribution >= 4 is 22.7 Å². The van der Waals surface area contributed by atoms with Gasteiger partial charge in [-0.1, -0.05) is 31.2 Å². The lowest BCUT2D eigenvalue weighted by Crippen LogP contribution is -2.67. The van der Waals surface area contributed by atoms with Gasteiger partial charge in [-0.05, 0) is 61.7 Å². The monoisotopic (exact) mass is 527 g/mol. The van der Waals surface area contributed by atoms with Crippen LogP contribution in [0.1, 0.15) is 55.7 Å². The number of nitrogens with zero attached hydrogens (tertiary/aromatic N) is 2. The second-order valence-electron chi connectivity index (χ2n) is 10.3. The van der Waals surface area contributed by atoms with Gasteiger partial charge in [0.1, 0.15) is 12.3 Å². The highest BCUT2D eigenvalue weighted by molar-refractivity contribution is 6.01. The molecule has 2 aliphatic heterocycles. The molecule has 0 radical (unpaired) electrons. The number of fused-ring (bicyclic) bond motifs is 5. The van der Waals surface area contributed by atoms with Crippen LogP contribution in [0.2, 0.25) is 0 Å². The lowest BCUT2D eigenvalue weighted by molar-refractivity contribution is -0.167. The third kappa shape index (κ3) is 4.06. The standard InChI is InChI=1S/C31H33N3O5/c1-4-14-39-25-13-12-20(16-26(25)37-5-2)23-18-34-27(35)19-33(17-21-9-8-15-38-21)30(36)31(34,3)29-28(23)22-10-6-7-11-24(22)32-29/h6-13,15-16,23,32H,4-5,14,17-19H2,1-3H3. The number of nitrogens with one attached hydrogen (secondary N) is 1. The van der Waals surface area contributed by atoms with Crippen LogP contribution < -0.4 is 9.47 Å². The Bertz CT molecular complexity index is 1520. The minimum atomic E-state index is -1.17. The van der Waals surface area contributed by atoms with Gasteiger partial charge in [0.15, 0.2) is 17.0 Å². The minimum Gasteiger partial charge on any atom is -0.490 e. The molecule has 1 N–H and O–H groups in total. The maximum absolute atomic E-state index is 14.2. The van der Waals surface area contributed by atoms with Crippen LogP contribution in [0.5, 0.6) is 11.5 Å². The Labute approximate surface area is 227 Å². The second kappa shape index (κ2) is 9.84. The molecule has 0 saturated carbocycles. The highest BCUT2D eigenvalue weighted by Crippen LogP contribution is 2.49. The van der Waals surface area contributed by atoms with Crippen molar-refractivity contribution in [2.24, 2.45) is 0 Å². The highest BCUT2D eigenvalue weighted by atomic mass is 16.5. The first kappa shape index (κ1) is 25.1. The molecule has 2 amide bonds. The zero-order valence-electron chi connectivity index (χ0n) is 22.5. The highest BCUT2D eigenvalue weighted by Gasteiger charge is 2.56. The number of carbonyl (C=O) groups is 2. The largest absolute Gasteiger partial charge is 0.490 e. The van der Waals surface area contributed by atoms with Gasteiger partial charge in [-0.2, -0.15) is 0 Å². The SMILES string of the molecule is CCCOc1ccc(C2CN3C(=O)CN(Cc4ccco4)C(=O)C3(C)c3[nH]c4ccccc4c32)cc1OCC. The van der Waals surface area contributed by atoms with Crippen molar-refractivity contribution in [3.8, 4) is 11.5 Å². The van der Waals surface area contributed by atoms with Gasteiger partial charge in [0.25, 0.3) is 5.91 Å². The molecule has 4 aromatic rings. The predicted molar refractivity (Wildman–Crippen MR) is 147 cm³/mol. The fourth-order valence-electron chi connectivity index (χ4n) is 6.03. The number of hydrogen-bond acceptors (Lipinski definition) is 5. The van der Waals surface area contributed by atoms with E-state index in [1.54, 1.807) is 22.1 Å². The molecule has 4 heterocycles. The third-order valence-corrected chi connectivity index (χ3v) is 7.88. The molecule has 0 aliphatic carbocycles. The summed E-state index contributed by atoms with van der Waals surface area (Å²) in [5.74, 6) is 1.67. The number of amides is 2. The van der Waals surface area contributed by atoms with Gasteiger partial charge >= 0.3 is 0 Å². The summed E-state index contributed by atoms with van der Waals surface area (Å²) in [7, 11) is 0. The number of rotatable bonds is 8. The molecule has 2 unspecified atom stereocenters. The maximum atomic E-state index is 14.2. The van der Waals surface area contributed by atoms with Gasteiger partial charge < -0.3 is 28.7 Å². The Hall–Kier alpha value is -4.20. The lowest BCUT2D eigenvalue weighted by atomic mass is 9.76. The first-order valence-corrected chi connectivity index (χ1v) is 13.6. The fourth-order valence-corrected chi connectivity index (χ4v) is 6.03. The molecule has 2 aliphatic rings. The molecule has 0 bridgehead atoms. The number of para-hydroxylation sites is 1. The van der Waals surface area contributed by atoms with Gasteiger partial charge in [0.2, 0.25) is 5.91 Å². The topological polar surface area (TPSA) is 88.0 Å². The summed E-state index contributed by atoms with van der Waals surface area (Å²) in [6.07, 6.45) is 2.48. The Morgan fingerprint density at radius 2 is 1.90 bits per heavy atom. The smallest absolute Gasteiger partial charge is 0.255 e. The summed E-state index contributed by atoms with van der Waals surface area (Å²) < 4.78 is 17.4. The van der Waals surface area contributed by atoms with Crippen molar-refractivity contribution in [3.63, 3.8) is 0 Å². The Morgan fingerprint density at radius 1 is 1.05 bits per heavy atom. The molecule has 2 aromatic heterocycles. The molecule has 1 fully saturated rings. The van der Waals surface area contributed by atoms with Gasteiger partial charge in [-0.3, -0.25) is 9.59 Å². The molecule has 8 nitrogen and oxygen atoms in total. The van der Waals surface area contributed by atoms with E-state index in [2.05, 4.69) is 18.0 Å². The number of H-pyrrole nitrogens is 1. The zero-order chi connectivity index (χ0) is 27.1. The summed E-state index contributed by atoms with van der Waals surface area (Å²) in [5.41, 5.74) is 2.57. The molecule has 2 aromatic carbocycles. The van der Waals surface area contributed by atoms with E-state index in [4.69, 9.17) is 13.9 Å². The van der Waals surface area contributed by atoms with Crippen LogP contribution in [0, 0.1) is 0 Å². The Balaban J connectivity index is 1.48. The predicted octanol–water partition coefficient (Wildman–Crippen LogP) is 5.18. The Morgan fingerprint density at radius 3 is 2.67 bits per heavy atom. The van der Waals surface area contributed by atoms with Gasteiger partial charge in [-0.25, -0.2) is 0 Å². The van der Waals surface area contributed by atoms with Crippen LogP contribution in [0.4, 0.5) is 0 Å². The number of aromatic amines is 1. The molecule has 8 heteroatoms. The number of aromatic nitrogens is 1. The normalized spacial score (nSPS) is 20.7. The molecule has 39 heavy (non-hydrogen) atoms. The van der Waals surface area contributed by atoms with E-state index < -0.39 is 5.54 Å². The van der Waals surface area contributed by atoms with Crippen LogP contribution in [-0.4, -0.2) is 52.9 Å². The molecule has 1 saturated heterocycles. The fraction of sp³-hybridized carbons (Fsp3) is 0.355. The summed E-state index contributed by atoms with van der Waals surface area (Å²) in [4.78, 5) is 34.7. The first-order valence-electron chi connectivity index (χ1n) is 13.6. The van der Waals surface area contributed by atoms with Gasteiger partial charge in [-0.15, -0.1) is 0 Å². The quantitative estimate of drug-likeness (QED) is 0.341. The molecule has 2 atom stereocenters. The van der Waals surface area contributed by atoms with Crippen molar-refractivity contribution in [2.75, 3.05) is 26.3 Å². The van der Waals surface area contributed by atoms with Crippen molar-refractivity contribution < 1.29 is 23.5 Å². The van der Waals surface area contributed by atoms with Crippen molar-refractivity contribution in [1.82, 2.24) is 14.8 Å². The van der Waals surface area contributed by atoms with Gasteiger partial charge in [0.05, 0.1) is 31.7 Å². The van der Waals surface area contributed by atoms with E-state index >= 15 is 0 Å². The van der Waals surface area contributed by atoms with E-state index in [-0.39, 0.29) is 30.8 Å². The molecule has 0 spiro atoms. The zero-order valence-corrected chi connectivity index (χ0v) is 22.5. The summed E-state index contributed by atoms with van der Waals surface area (Å²) in [6.45, 7) is 7.63. The number of furan rings is 1. The average molecular weight is 528 g/mol. The maximum Gasteiger partial charge on any atom is 0.255 e. The third-order valence-electron chi connectivity index (χ3n) is 7.88. The molecular weight excluding hydrogens is 494 g/mol. The van der Waals surface area contributed by atoms with Crippen LogP contribution >= 0.6 is 0 Å². The van der Waals surface area contributed by atoms with Crippen molar-refractivity contribution in [1.29, 1.82) is 0 Å². The van der Waals surface area contributed by atoms with Crippen LogP contribution in [-0.2, 0) is 21.7 Å². The van der Waals surface area contributed by atoms with E-state index in [9.17, 15) is 9.59 Å². The number of benzene rings is 2. The number of piperazine rings is 1. The van der Waals surface area contributed by atoms with E-state index in [0.29, 0.717) is 37.0 Å². The van der Waals surface area contributed by atoms with Crippen LogP contribution in [0.25, 0.3) is 10.9 Å². The molecular formula is C31H33N3O5. The van der Waals surface area contributed by atoms with Crippen LogP contribution in [0.15, 0.2) is 65.3 Å². The summed E-state index contributed by atoms with van der Waals surface area (Å²) >= 11 is 0. The van der Waals surface area contributed by atoms with Gasteiger partial charge in [0, 0.05) is 23.4 Å². The summed E-state index contributed by atoms with van der Waals surface area (Å²) in [6, 6.07) is 17.7. The second-order valence-corrected chi connectivity index (χ2v) is 10.3. The number of ether oxygens (including phenoxy) is 2. The van der Waals surface area contributed by atoms with E-state index in [0.717, 1.165) is 34.1 Å². The number of carbonyl (C=O) groups excluding carboxylic acids is 2. The average Bonchev–Trinajstić information content (AvgIpc) is 3.60. The van der Waals surface area contributed by atoms with Crippen LogP contribution in [0.3, 0.4) is 0 Å². The van der Waals surface area contributed by atoms with E-state index in [1.807, 2.05) is 56.3 Å². The van der Waals surface area contributed by atoms with Crippen molar-refractivity contribution in [3.05, 3.63) is 83.4 Å². The Kier molecular flexibility index (Phi) is 6.33. The molecule has 202 valence electrons. The minimum absolute atomic E-state index is 0.00535. The van der Waals surface area contributed by atoms with Crippen molar-refractivity contribution in [2.45, 2.75) is 45.2 Å².